The molecule has 2 aromatic rings. The highest BCUT2D eigenvalue weighted by molar-refractivity contribution is 7.89. The van der Waals surface area contributed by atoms with Gasteiger partial charge in [-0.1, -0.05) is 36.4 Å². The number of alkyl halides is 3. The van der Waals surface area contributed by atoms with Crippen molar-refractivity contribution in [1.82, 2.24) is 4.72 Å². The highest BCUT2D eigenvalue weighted by atomic mass is 32.2. The number of hydrogen-bond donors (Lipinski definition) is 2. The molecule has 2 heterocycles. The van der Waals surface area contributed by atoms with Gasteiger partial charge in [0, 0.05) is 23.7 Å². The highest BCUT2D eigenvalue weighted by Crippen LogP contribution is 2.51. The molecule has 1 saturated heterocycles. The molecule has 0 bridgehead atoms. The first kappa shape index (κ1) is 22.8. The van der Waals surface area contributed by atoms with Gasteiger partial charge in [-0.05, 0) is 36.6 Å². The minimum absolute atomic E-state index is 0.0666. The predicted molar refractivity (Wildman–Crippen MR) is 117 cm³/mol. The summed E-state index contributed by atoms with van der Waals surface area (Å²) in [5, 5.41) is 3.41. The Morgan fingerprint density at radius 3 is 2.59 bits per heavy atom. The van der Waals surface area contributed by atoms with E-state index in [0.29, 0.717) is 24.1 Å². The fraction of sp³-hybridized carbons (Fsp3) is 0.391. The molecular weight excluding hydrogens is 441 g/mol. The highest BCUT2D eigenvalue weighted by Gasteiger charge is 2.43. The van der Waals surface area contributed by atoms with Crippen LogP contribution in [-0.4, -0.2) is 26.8 Å². The second-order valence-electron chi connectivity index (χ2n) is 8.17. The van der Waals surface area contributed by atoms with Crippen LogP contribution < -0.4 is 10.0 Å². The quantitative estimate of drug-likeness (QED) is 0.600. The molecule has 9 heteroatoms. The van der Waals surface area contributed by atoms with Crippen molar-refractivity contribution in [2.45, 2.75) is 37.3 Å². The summed E-state index contributed by atoms with van der Waals surface area (Å²) in [6.45, 7) is 3.50. The summed E-state index contributed by atoms with van der Waals surface area (Å²) in [6, 6.07) is 13.3. The molecule has 0 unspecified atom stereocenters. The zero-order chi connectivity index (χ0) is 22.9. The van der Waals surface area contributed by atoms with Crippen LogP contribution in [0.3, 0.4) is 0 Å². The number of hydrogen-bond acceptors (Lipinski definition) is 4. The monoisotopic (exact) mass is 466 g/mol. The topological polar surface area (TPSA) is 67.4 Å². The van der Waals surface area contributed by atoms with E-state index in [2.05, 4.69) is 16.6 Å². The predicted octanol–water partition coefficient (Wildman–Crippen LogP) is 4.81. The van der Waals surface area contributed by atoms with Crippen LogP contribution in [0.2, 0.25) is 0 Å². The van der Waals surface area contributed by atoms with Gasteiger partial charge in [0.1, 0.15) is 0 Å². The Balaban J connectivity index is 1.64. The van der Waals surface area contributed by atoms with Gasteiger partial charge in [0.05, 0.1) is 29.6 Å². The fourth-order valence-electron chi connectivity index (χ4n) is 4.51. The molecule has 1 fully saturated rings. The molecule has 0 radical (unpaired) electrons. The molecule has 4 atom stereocenters. The Kier molecular flexibility index (Phi) is 6.33. The summed E-state index contributed by atoms with van der Waals surface area (Å²) in [7, 11) is -3.51. The van der Waals surface area contributed by atoms with E-state index in [1.807, 2.05) is 30.3 Å². The number of nitrogens with one attached hydrogen (secondary N) is 2. The van der Waals surface area contributed by atoms with Crippen LogP contribution in [0.25, 0.3) is 0 Å². The number of halogens is 3. The molecule has 32 heavy (non-hydrogen) atoms. The maximum atomic E-state index is 13.4. The second kappa shape index (κ2) is 8.88. The van der Waals surface area contributed by atoms with E-state index < -0.39 is 34.0 Å². The van der Waals surface area contributed by atoms with Gasteiger partial charge < -0.3 is 10.1 Å². The summed E-state index contributed by atoms with van der Waals surface area (Å²) in [4.78, 5) is 0. The first-order valence-corrected chi connectivity index (χ1v) is 12.1. The molecule has 2 aliphatic heterocycles. The van der Waals surface area contributed by atoms with E-state index in [4.69, 9.17) is 4.74 Å². The van der Waals surface area contributed by atoms with Gasteiger partial charge in [0.2, 0.25) is 10.0 Å². The zero-order valence-electron chi connectivity index (χ0n) is 17.3. The number of anilines is 1. The Hall–Kier alpha value is -2.36. The smallest absolute Gasteiger partial charge is 0.378 e. The van der Waals surface area contributed by atoms with Crippen molar-refractivity contribution in [3.05, 3.63) is 77.9 Å². The van der Waals surface area contributed by atoms with E-state index in [9.17, 15) is 21.6 Å². The average molecular weight is 467 g/mol. The molecule has 0 amide bonds. The minimum atomic E-state index is -4.46. The van der Waals surface area contributed by atoms with Gasteiger partial charge in [-0.2, -0.15) is 13.2 Å². The van der Waals surface area contributed by atoms with Gasteiger partial charge in [-0.3, -0.25) is 0 Å². The second-order valence-corrected chi connectivity index (χ2v) is 10.0. The van der Waals surface area contributed by atoms with Crippen LogP contribution in [0.4, 0.5) is 18.9 Å². The average Bonchev–Trinajstić information content (AvgIpc) is 2.76. The summed E-state index contributed by atoms with van der Waals surface area (Å²) in [6.07, 6.45) is -2.91. The van der Waals surface area contributed by atoms with Crippen molar-refractivity contribution >= 4 is 15.7 Å². The number of sulfonamides is 1. The first-order valence-electron chi connectivity index (χ1n) is 10.4. The van der Waals surface area contributed by atoms with E-state index in [0.717, 1.165) is 17.7 Å². The lowest BCUT2D eigenvalue weighted by atomic mass is 9.76. The third-order valence-corrected chi connectivity index (χ3v) is 7.28. The van der Waals surface area contributed by atoms with Crippen LogP contribution in [0, 0.1) is 5.92 Å². The van der Waals surface area contributed by atoms with Crippen molar-refractivity contribution in [1.29, 1.82) is 0 Å². The first-order chi connectivity index (χ1) is 15.2. The van der Waals surface area contributed by atoms with E-state index in [1.54, 1.807) is 0 Å². The van der Waals surface area contributed by atoms with Crippen LogP contribution in [0.5, 0.6) is 0 Å². The lowest BCUT2D eigenvalue weighted by molar-refractivity contribution is -0.138. The van der Waals surface area contributed by atoms with Crippen LogP contribution in [-0.2, 0) is 20.9 Å². The molecular formula is C23H25F3N2O3S. The number of ether oxygens (including phenoxy) is 1. The zero-order valence-corrected chi connectivity index (χ0v) is 18.1. The van der Waals surface area contributed by atoms with E-state index in [-0.39, 0.29) is 24.3 Å². The van der Waals surface area contributed by atoms with Gasteiger partial charge in [-0.15, -0.1) is 6.58 Å². The normalized spacial score (nSPS) is 25.3. The Bertz CT molecular complexity index is 1070. The summed E-state index contributed by atoms with van der Waals surface area (Å²) in [5.74, 6) is -0.293. The summed E-state index contributed by atoms with van der Waals surface area (Å²) < 4.78 is 72.8. The fourth-order valence-corrected chi connectivity index (χ4v) is 5.37. The molecule has 2 aromatic carbocycles. The molecule has 0 saturated carbocycles. The minimum Gasteiger partial charge on any atom is -0.378 e. The lowest BCUT2D eigenvalue weighted by Crippen LogP contribution is -2.43. The largest absolute Gasteiger partial charge is 0.416 e. The van der Waals surface area contributed by atoms with Crippen LogP contribution >= 0.6 is 0 Å². The van der Waals surface area contributed by atoms with Gasteiger partial charge in [-0.25, -0.2) is 13.1 Å². The molecule has 0 spiro atoms. The number of benzene rings is 2. The molecule has 5 nitrogen and oxygen atoms in total. The molecule has 2 aliphatic rings. The molecule has 4 rings (SSSR count). The van der Waals surface area contributed by atoms with Crippen molar-refractivity contribution < 1.29 is 26.3 Å². The van der Waals surface area contributed by atoms with Crippen LogP contribution in [0.15, 0.2) is 61.2 Å². The van der Waals surface area contributed by atoms with Crippen molar-refractivity contribution in [2.75, 3.05) is 17.6 Å². The molecule has 0 aromatic heterocycles. The standard InChI is InChI=1S/C23H25F3N2O3S/c1-2-12-32(29,30)27-14-17-9-10-18-21(15-6-4-3-5-7-15)28-20-11-8-16(23(24,25)26)13-19(20)22(18)31-17/h2-8,11,13,17-18,21-22,27-28H,1,9-10,12,14H2/t17-,18+,21+,22+/m1/s1. The van der Waals surface area contributed by atoms with E-state index >= 15 is 0 Å². The Morgan fingerprint density at radius 1 is 1.16 bits per heavy atom. The molecule has 2 N–H and O–H groups in total. The summed E-state index contributed by atoms with van der Waals surface area (Å²) >= 11 is 0. The third-order valence-electron chi connectivity index (χ3n) is 6.00. The number of fused-ring (bicyclic) bond motifs is 3. The summed E-state index contributed by atoms with van der Waals surface area (Å²) in [5.41, 5.74) is 1.35. The van der Waals surface area contributed by atoms with Crippen molar-refractivity contribution in [2.24, 2.45) is 5.92 Å². The van der Waals surface area contributed by atoms with Crippen molar-refractivity contribution in [3.8, 4) is 0 Å². The van der Waals surface area contributed by atoms with Crippen LogP contribution in [0.1, 0.15) is 41.7 Å². The lowest BCUT2D eigenvalue weighted by Gasteiger charge is -2.46. The van der Waals surface area contributed by atoms with Gasteiger partial charge in [0.25, 0.3) is 0 Å². The number of rotatable bonds is 6. The molecule has 0 aliphatic carbocycles. The van der Waals surface area contributed by atoms with Gasteiger partial charge >= 0.3 is 6.18 Å². The maximum absolute atomic E-state index is 13.4. The Morgan fingerprint density at radius 2 is 1.91 bits per heavy atom. The van der Waals surface area contributed by atoms with Gasteiger partial charge in [0.15, 0.2) is 0 Å². The molecule has 172 valence electrons. The Labute approximate surface area is 185 Å². The van der Waals surface area contributed by atoms with E-state index in [1.165, 1.54) is 12.1 Å². The third kappa shape index (κ3) is 4.84. The SMILES string of the molecule is C=CCS(=O)(=O)NC[C@H]1CC[C@@H]2[C@H](O1)c1cc(C(F)(F)F)ccc1N[C@H]2c1ccccc1. The van der Waals surface area contributed by atoms with Crippen molar-refractivity contribution in [3.63, 3.8) is 0 Å². The maximum Gasteiger partial charge on any atom is 0.416 e.